The molecule has 0 radical (unpaired) electrons. The van der Waals surface area contributed by atoms with Gasteiger partial charge in [0.05, 0.1) is 5.75 Å². The zero-order chi connectivity index (χ0) is 14.4. The molecule has 0 aliphatic rings. The molecule has 0 fully saturated rings. The summed E-state index contributed by atoms with van der Waals surface area (Å²) in [5, 5.41) is 9.52. The molecule has 1 aromatic heterocycles. The van der Waals surface area contributed by atoms with Gasteiger partial charge in [0.2, 0.25) is 17.0 Å². The molecule has 0 unspecified atom stereocenters. The van der Waals surface area contributed by atoms with Gasteiger partial charge in [0, 0.05) is 6.54 Å². The van der Waals surface area contributed by atoms with Gasteiger partial charge in [-0.2, -0.15) is 4.98 Å². The van der Waals surface area contributed by atoms with Gasteiger partial charge in [-0.15, -0.1) is 5.10 Å². The smallest absolute Gasteiger partial charge is 0.230 e. The SMILES string of the molecule is Nc1nc(SCC(=O)NCCc2ccc(F)cc2)n[nH]1. The van der Waals surface area contributed by atoms with Crippen LogP contribution in [0.3, 0.4) is 0 Å². The summed E-state index contributed by atoms with van der Waals surface area (Å²) in [4.78, 5) is 15.5. The molecule has 2 aromatic rings. The van der Waals surface area contributed by atoms with Crippen LogP contribution >= 0.6 is 11.8 Å². The van der Waals surface area contributed by atoms with Gasteiger partial charge in [-0.1, -0.05) is 23.9 Å². The molecule has 0 saturated heterocycles. The summed E-state index contributed by atoms with van der Waals surface area (Å²) in [6.07, 6.45) is 0.657. The Morgan fingerprint density at radius 3 is 2.80 bits per heavy atom. The molecule has 0 bridgehead atoms. The van der Waals surface area contributed by atoms with E-state index in [1.165, 1.54) is 23.9 Å². The van der Waals surface area contributed by atoms with Crippen LogP contribution in [-0.4, -0.2) is 33.4 Å². The number of nitrogens with zero attached hydrogens (tertiary/aromatic N) is 2. The van der Waals surface area contributed by atoms with Crippen LogP contribution in [-0.2, 0) is 11.2 Å². The van der Waals surface area contributed by atoms with Crippen molar-refractivity contribution in [2.75, 3.05) is 18.0 Å². The Kier molecular flexibility index (Phi) is 4.94. The van der Waals surface area contributed by atoms with Gasteiger partial charge in [0.15, 0.2) is 0 Å². The highest BCUT2D eigenvalue weighted by Crippen LogP contribution is 2.11. The van der Waals surface area contributed by atoms with Crippen molar-refractivity contribution in [2.24, 2.45) is 0 Å². The van der Waals surface area contributed by atoms with Crippen LogP contribution < -0.4 is 11.1 Å². The topological polar surface area (TPSA) is 96.7 Å². The lowest BCUT2D eigenvalue weighted by atomic mass is 10.1. The number of halogens is 1. The summed E-state index contributed by atoms with van der Waals surface area (Å²) >= 11 is 1.20. The average Bonchev–Trinajstić information content (AvgIpc) is 2.85. The number of benzene rings is 1. The van der Waals surface area contributed by atoms with Gasteiger partial charge in [0.1, 0.15) is 5.82 Å². The molecule has 0 aliphatic heterocycles. The molecule has 0 atom stereocenters. The van der Waals surface area contributed by atoms with Crippen LogP contribution in [0.1, 0.15) is 5.56 Å². The van der Waals surface area contributed by atoms with E-state index in [1.54, 1.807) is 12.1 Å². The Labute approximate surface area is 119 Å². The molecule has 4 N–H and O–H groups in total. The first-order chi connectivity index (χ1) is 9.63. The van der Waals surface area contributed by atoms with Crippen LogP contribution in [0.25, 0.3) is 0 Å². The van der Waals surface area contributed by atoms with Crippen molar-refractivity contribution in [3.05, 3.63) is 35.6 Å². The molecule has 2 rings (SSSR count). The third kappa shape index (κ3) is 4.54. The van der Waals surface area contributed by atoms with Crippen molar-refractivity contribution in [1.82, 2.24) is 20.5 Å². The number of rotatable bonds is 6. The molecule has 20 heavy (non-hydrogen) atoms. The highest BCUT2D eigenvalue weighted by Gasteiger charge is 2.06. The second kappa shape index (κ2) is 6.90. The molecular formula is C12H14FN5OS. The fraction of sp³-hybridized carbons (Fsp3) is 0.250. The van der Waals surface area contributed by atoms with Crippen LogP contribution in [0.4, 0.5) is 10.3 Å². The predicted molar refractivity (Wildman–Crippen MR) is 74.6 cm³/mol. The fourth-order valence-corrected chi connectivity index (χ4v) is 2.14. The summed E-state index contributed by atoms with van der Waals surface area (Å²) in [5.41, 5.74) is 6.34. The Morgan fingerprint density at radius 1 is 1.40 bits per heavy atom. The van der Waals surface area contributed by atoms with E-state index < -0.39 is 0 Å². The molecule has 6 nitrogen and oxygen atoms in total. The number of nitrogens with one attached hydrogen (secondary N) is 2. The molecule has 8 heteroatoms. The third-order valence-corrected chi connectivity index (χ3v) is 3.31. The fourth-order valence-electron chi connectivity index (χ4n) is 1.50. The summed E-state index contributed by atoms with van der Waals surface area (Å²) in [6.45, 7) is 0.501. The van der Waals surface area contributed by atoms with E-state index in [0.29, 0.717) is 18.1 Å². The molecule has 0 spiro atoms. The second-order valence-corrected chi connectivity index (χ2v) is 4.96. The lowest BCUT2D eigenvalue weighted by Gasteiger charge is -2.04. The van der Waals surface area contributed by atoms with E-state index in [9.17, 15) is 9.18 Å². The van der Waals surface area contributed by atoms with Gasteiger partial charge in [-0.3, -0.25) is 4.79 Å². The monoisotopic (exact) mass is 295 g/mol. The van der Waals surface area contributed by atoms with Crippen molar-refractivity contribution in [1.29, 1.82) is 0 Å². The van der Waals surface area contributed by atoms with E-state index in [1.807, 2.05) is 0 Å². The minimum absolute atomic E-state index is 0.111. The molecule has 106 valence electrons. The van der Waals surface area contributed by atoms with Crippen LogP contribution in [0.2, 0.25) is 0 Å². The summed E-state index contributed by atoms with van der Waals surface area (Å²) in [7, 11) is 0. The van der Waals surface area contributed by atoms with Gasteiger partial charge >= 0.3 is 0 Å². The predicted octanol–water partition coefficient (Wildman–Crippen LogP) is 0.977. The number of anilines is 1. The molecule has 1 aromatic carbocycles. The first kappa shape index (κ1) is 14.3. The highest BCUT2D eigenvalue weighted by atomic mass is 32.2. The Hall–Kier alpha value is -2.09. The van der Waals surface area contributed by atoms with Crippen molar-refractivity contribution < 1.29 is 9.18 Å². The number of aromatic amines is 1. The second-order valence-electron chi connectivity index (χ2n) is 4.02. The van der Waals surface area contributed by atoms with E-state index >= 15 is 0 Å². The maximum Gasteiger partial charge on any atom is 0.230 e. The van der Waals surface area contributed by atoms with E-state index in [-0.39, 0.29) is 23.4 Å². The molecule has 0 saturated carbocycles. The Balaban J connectivity index is 1.66. The zero-order valence-electron chi connectivity index (χ0n) is 10.6. The molecule has 1 heterocycles. The lowest BCUT2D eigenvalue weighted by Crippen LogP contribution is -2.27. The third-order valence-electron chi connectivity index (χ3n) is 2.46. The first-order valence-corrected chi connectivity index (χ1v) is 6.94. The minimum atomic E-state index is -0.264. The van der Waals surface area contributed by atoms with Crippen molar-refractivity contribution >= 4 is 23.6 Å². The number of hydrogen-bond acceptors (Lipinski definition) is 5. The van der Waals surface area contributed by atoms with E-state index in [2.05, 4.69) is 20.5 Å². The van der Waals surface area contributed by atoms with Crippen LogP contribution in [0, 0.1) is 5.82 Å². The maximum absolute atomic E-state index is 12.7. The largest absolute Gasteiger partial charge is 0.368 e. The first-order valence-electron chi connectivity index (χ1n) is 5.95. The minimum Gasteiger partial charge on any atom is -0.368 e. The number of aromatic nitrogens is 3. The normalized spacial score (nSPS) is 10.4. The van der Waals surface area contributed by atoms with Crippen LogP contribution in [0.5, 0.6) is 0 Å². The number of amides is 1. The lowest BCUT2D eigenvalue weighted by molar-refractivity contribution is -0.118. The Morgan fingerprint density at radius 2 is 2.15 bits per heavy atom. The summed E-state index contributed by atoms with van der Waals surface area (Å²) < 4.78 is 12.7. The van der Waals surface area contributed by atoms with Gasteiger partial charge < -0.3 is 11.1 Å². The number of nitrogen functional groups attached to an aromatic ring is 1. The number of hydrogen-bond donors (Lipinski definition) is 3. The zero-order valence-corrected chi connectivity index (χ0v) is 11.4. The molecule has 1 amide bonds. The summed E-state index contributed by atoms with van der Waals surface area (Å²) in [5.74, 6) is 0.0745. The van der Waals surface area contributed by atoms with Gasteiger partial charge in [0.25, 0.3) is 0 Å². The number of nitrogens with two attached hydrogens (primary N) is 1. The number of carbonyl (C=O) groups is 1. The van der Waals surface area contributed by atoms with E-state index in [4.69, 9.17) is 5.73 Å². The van der Waals surface area contributed by atoms with Gasteiger partial charge in [-0.05, 0) is 24.1 Å². The summed E-state index contributed by atoms with van der Waals surface area (Å²) in [6, 6.07) is 6.21. The van der Waals surface area contributed by atoms with Crippen molar-refractivity contribution in [3.8, 4) is 0 Å². The van der Waals surface area contributed by atoms with Crippen molar-refractivity contribution in [3.63, 3.8) is 0 Å². The van der Waals surface area contributed by atoms with Crippen molar-refractivity contribution in [2.45, 2.75) is 11.6 Å². The Bertz CT molecular complexity index is 571. The number of carbonyl (C=O) groups excluding carboxylic acids is 1. The average molecular weight is 295 g/mol. The molecule has 0 aliphatic carbocycles. The number of thioether (sulfide) groups is 1. The number of H-pyrrole nitrogens is 1. The quantitative estimate of drug-likeness (QED) is 0.690. The molecular weight excluding hydrogens is 281 g/mol. The standard InChI is InChI=1S/C12H14FN5OS/c13-9-3-1-8(2-4-9)5-6-15-10(19)7-20-12-16-11(14)17-18-12/h1-4H,5-7H2,(H,15,19)(H3,14,16,17,18). The van der Waals surface area contributed by atoms with Crippen LogP contribution in [0.15, 0.2) is 29.4 Å². The highest BCUT2D eigenvalue weighted by molar-refractivity contribution is 7.99. The van der Waals surface area contributed by atoms with E-state index in [0.717, 1.165) is 5.56 Å². The maximum atomic E-state index is 12.7. The van der Waals surface area contributed by atoms with Gasteiger partial charge in [-0.25, -0.2) is 9.49 Å².